The van der Waals surface area contributed by atoms with Gasteiger partial charge in [0.15, 0.2) is 0 Å². The van der Waals surface area contributed by atoms with E-state index in [9.17, 15) is 0 Å². The first kappa shape index (κ1) is 13.3. The van der Waals surface area contributed by atoms with Crippen LogP contribution in [0.5, 0.6) is 0 Å². The molecule has 16 heavy (non-hydrogen) atoms. The van der Waals surface area contributed by atoms with E-state index in [1.807, 2.05) is 12.2 Å². The fourth-order valence-electron chi connectivity index (χ4n) is 1.65. The molecule has 0 nitrogen and oxygen atoms in total. The first-order chi connectivity index (χ1) is 7.36. The van der Waals surface area contributed by atoms with Crippen molar-refractivity contribution in [3.05, 3.63) is 66.3 Å². The summed E-state index contributed by atoms with van der Waals surface area (Å²) in [6, 6.07) is 12.8. The van der Waals surface area contributed by atoms with Gasteiger partial charge < -0.3 is 0 Å². The summed E-state index contributed by atoms with van der Waals surface area (Å²) in [5.74, 6) is 0. The van der Waals surface area contributed by atoms with E-state index < -0.39 is 0 Å². The molecule has 0 N–H and O–H groups in total. The predicted octanol–water partition coefficient (Wildman–Crippen LogP) is 4.17. The predicted molar refractivity (Wildman–Crippen MR) is 65.8 cm³/mol. The van der Waals surface area contributed by atoms with Crippen LogP contribution in [0.4, 0.5) is 0 Å². The molecule has 1 aliphatic rings. The van der Waals surface area contributed by atoms with Gasteiger partial charge in [0.05, 0.1) is 0 Å². The molecule has 2 aromatic rings. The van der Waals surface area contributed by atoms with Crippen molar-refractivity contribution in [1.29, 1.82) is 0 Å². The van der Waals surface area contributed by atoms with Gasteiger partial charge in [0.25, 0.3) is 0 Å². The molecule has 0 fully saturated rings. The van der Waals surface area contributed by atoms with E-state index in [2.05, 4.69) is 55.5 Å². The SMILES string of the molecule is Cc1cc2ccccc2[cH-]1.[C-]1=CC=CC1.[Zr+2]. The minimum Gasteiger partial charge on any atom is -0.273 e. The van der Waals surface area contributed by atoms with Gasteiger partial charge >= 0.3 is 26.2 Å². The molecule has 0 saturated carbocycles. The van der Waals surface area contributed by atoms with Crippen LogP contribution in [0.1, 0.15) is 12.0 Å². The van der Waals surface area contributed by atoms with Gasteiger partial charge in [0, 0.05) is 0 Å². The maximum Gasteiger partial charge on any atom is 2.00 e. The fraction of sp³-hybridized carbons (Fsp3) is 0.133. The summed E-state index contributed by atoms with van der Waals surface area (Å²) in [5.41, 5.74) is 1.35. The molecule has 0 aliphatic heterocycles. The van der Waals surface area contributed by atoms with Crippen LogP contribution in [0.2, 0.25) is 0 Å². The van der Waals surface area contributed by atoms with Gasteiger partial charge in [-0.3, -0.25) is 6.08 Å². The van der Waals surface area contributed by atoms with Gasteiger partial charge in [-0.2, -0.15) is 12.1 Å². The third-order valence-electron chi connectivity index (χ3n) is 2.35. The number of aryl methyl sites for hydroxylation is 1. The molecular formula is C15H14Zr. The minimum atomic E-state index is 0. The van der Waals surface area contributed by atoms with Crippen molar-refractivity contribution in [3.8, 4) is 0 Å². The molecule has 78 valence electrons. The van der Waals surface area contributed by atoms with E-state index in [4.69, 9.17) is 0 Å². The van der Waals surface area contributed by atoms with E-state index in [0.29, 0.717) is 0 Å². The number of hydrogen-bond acceptors (Lipinski definition) is 0. The summed E-state index contributed by atoms with van der Waals surface area (Å²) in [7, 11) is 0. The standard InChI is InChI=1S/C10H9.C5H5.Zr/c1-8-6-9-4-2-3-5-10(9)7-8;1-2-4-5-3-1;/h2-7H,1H3;1-3H,4H2;/q2*-1;+2. The van der Waals surface area contributed by atoms with Crippen molar-refractivity contribution in [3.63, 3.8) is 0 Å². The van der Waals surface area contributed by atoms with Crippen LogP contribution in [0, 0.1) is 13.0 Å². The van der Waals surface area contributed by atoms with Crippen molar-refractivity contribution in [2.75, 3.05) is 0 Å². The monoisotopic (exact) mass is 284 g/mol. The maximum atomic E-state index is 2.99. The first-order valence-electron chi connectivity index (χ1n) is 5.20. The molecule has 2 aromatic carbocycles. The molecule has 1 aliphatic carbocycles. The molecule has 0 radical (unpaired) electrons. The molecule has 0 unspecified atom stereocenters. The Kier molecular flexibility index (Phi) is 5.56. The van der Waals surface area contributed by atoms with Crippen molar-refractivity contribution in [2.24, 2.45) is 0 Å². The van der Waals surface area contributed by atoms with Crippen LogP contribution in [0.15, 0.2) is 54.6 Å². The van der Waals surface area contributed by atoms with Crippen LogP contribution in [-0.4, -0.2) is 0 Å². The average molecular weight is 286 g/mol. The summed E-state index contributed by atoms with van der Waals surface area (Å²) in [5, 5.41) is 2.69. The maximum absolute atomic E-state index is 2.99. The molecule has 0 aromatic heterocycles. The summed E-state index contributed by atoms with van der Waals surface area (Å²) in [6.45, 7) is 2.12. The number of fused-ring (bicyclic) bond motifs is 1. The Balaban J connectivity index is 0.000000183. The molecule has 1 heteroatoms. The topological polar surface area (TPSA) is 0 Å². The van der Waals surface area contributed by atoms with Crippen molar-refractivity contribution in [2.45, 2.75) is 13.3 Å². The normalized spacial score (nSPS) is 12.1. The van der Waals surface area contributed by atoms with Gasteiger partial charge in [0.1, 0.15) is 0 Å². The fourth-order valence-corrected chi connectivity index (χ4v) is 1.65. The third kappa shape index (κ3) is 3.65. The molecule has 0 heterocycles. The van der Waals surface area contributed by atoms with Crippen LogP contribution in [-0.2, 0) is 26.2 Å². The molecule has 0 spiro atoms. The Labute approximate surface area is 116 Å². The molecular weight excluding hydrogens is 271 g/mol. The Hall–Kier alpha value is -0.807. The molecule has 0 amide bonds. The van der Waals surface area contributed by atoms with Crippen molar-refractivity contribution >= 4 is 10.8 Å². The molecule has 0 atom stereocenters. The summed E-state index contributed by atoms with van der Waals surface area (Å²) < 4.78 is 0. The zero-order valence-electron chi connectivity index (χ0n) is 9.40. The van der Waals surface area contributed by atoms with Gasteiger partial charge in [-0.15, -0.1) is 47.0 Å². The summed E-state index contributed by atoms with van der Waals surface area (Å²) in [4.78, 5) is 0. The number of rotatable bonds is 0. The molecule has 0 saturated heterocycles. The van der Waals surface area contributed by atoms with Crippen LogP contribution < -0.4 is 0 Å². The van der Waals surface area contributed by atoms with Crippen molar-refractivity contribution in [1.82, 2.24) is 0 Å². The number of benzene rings is 1. The summed E-state index contributed by atoms with van der Waals surface area (Å²) in [6.07, 6.45) is 10.0. The Morgan fingerprint density at radius 2 is 2.06 bits per heavy atom. The second-order valence-electron chi connectivity index (χ2n) is 3.66. The second-order valence-corrected chi connectivity index (χ2v) is 3.66. The van der Waals surface area contributed by atoms with Crippen LogP contribution >= 0.6 is 0 Å². The van der Waals surface area contributed by atoms with Gasteiger partial charge in [0.2, 0.25) is 0 Å². The Bertz CT molecular complexity index is 446. The quantitative estimate of drug-likeness (QED) is 0.637. The third-order valence-corrected chi connectivity index (χ3v) is 2.35. The summed E-state index contributed by atoms with van der Waals surface area (Å²) >= 11 is 0. The minimum absolute atomic E-state index is 0. The largest absolute Gasteiger partial charge is 2.00 e. The number of hydrogen-bond donors (Lipinski definition) is 0. The Morgan fingerprint density at radius 3 is 2.62 bits per heavy atom. The average Bonchev–Trinajstić information content (AvgIpc) is 2.87. The first-order valence-corrected chi connectivity index (χ1v) is 5.20. The van der Waals surface area contributed by atoms with Gasteiger partial charge in [-0.05, 0) is 0 Å². The van der Waals surface area contributed by atoms with E-state index in [1.165, 1.54) is 16.3 Å². The number of allylic oxidation sites excluding steroid dienone is 4. The molecule has 0 bridgehead atoms. The van der Waals surface area contributed by atoms with Gasteiger partial charge in [-0.25, -0.2) is 12.2 Å². The van der Waals surface area contributed by atoms with Crippen LogP contribution in [0.25, 0.3) is 10.8 Å². The van der Waals surface area contributed by atoms with Gasteiger partial charge in [-0.1, -0.05) is 13.0 Å². The second kappa shape index (κ2) is 6.71. The Morgan fingerprint density at radius 1 is 1.25 bits per heavy atom. The van der Waals surface area contributed by atoms with Crippen LogP contribution in [0.3, 0.4) is 0 Å². The zero-order chi connectivity index (χ0) is 10.5. The van der Waals surface area contributed by atoms with Crippen molar-refractivity contribution < 1.29 is 26.2 Å². The smallest absolute Gasteiger partial charge is 0.273 e. The zero-order valence-corrected chi connectivity index (χ0v) is 11.9. The van der Waals surface area contributed by atoms with E-state index in [1.54, 1.807) is 0 Å². The van der Waals surface area contributed by atoms with E-state index >= 15 is 0 Å². The van der Waals surface area contributed by atoms with E-state index in [0.717, 1.165) is 6.42 Å². The van der Waals surface area contributed by atoms with E-state index in [-0.39, 0.29) is 26.2 Å². The molecule has 3 rings (SSSR count).